The third-order valence-corrected chi connectivity index (χ3v) is 5.32. The van der Waals surface area contributed by atoms with E-state index in [1.165, 1.54) is 19.2 Å². The molecule has 1 aromatic carbocycles. The number of rotatable bonds is 2. The van der Waals surface area contributed by atoms with Crippen LogP contribution in [0.2, 0.25) is 0 Å². The summed E-state index contributed by atoms with van der Waals surface area (Å²) in [5.41, 5.74) is 2.49. The van der Waals surface area contributed by atoms with Gasteiger partial charge in [-0.25, -0.2) is 4.79 Å². The van der Waals surface area contributed by atoms with Crippen LogP contribution in [-0.4, -0.2) is 47.9 Å². The lowest BCUT2D eigenvalue weighted by Gasteiger charge is -2.43. The maximum Gasteiger partial charge on any atom is 0.337 e. The molecule has 4 rings (SSSR count). The Morgan fingerprint density at radius 1 is 1.22 bits per heavy atom. The highest BCUT2D eigenvalue weighted by molar-refractivity contribution is 6.09. The molecule has 1 saturated heterocycles. The van der Waals surface area contributed by atoms with Crippen LogP contribution in [-0.2, 0) is 19.1 Å². The van der Waals surface area contributed by atoms with E-state index in [1.54, 1.807) is 12.1 Å². The Kier molecular flexibility index (Phi) is 4.22. The Morgan fingerprint density at radius 2 is 1.96 bits per heavy atom. The molecule has 0 radical (unpaired) electrons. The van der Waals surface area contributed by atoms with Crippen molar-refractivity contribution < 1.29 is 24.2 Å². The number of phenols is 1. The minimum atomic E-state index is -0.684. The average molecular weight is 368 g/mol. The first-order chi connectivity index (χ1) is 13.0. The predicted molar refractivity (Wildman–Crippen MR) is 95.5 cm³/mol. The van der Waals surface area contributed by atoms with Crippen molar-refractivity contribution in [2.75, 3.05) is 20.2 Å². The first-order valence-corrected chi connectivity index (χ1v) is 8.96. The molecule has 3 aliphatic rings. The number of aromatic hydroxyl groups is 1. The molecule has 7 nitrogen and oxygen atoms in total. The standard InChI is InChI=1S/C20H20N2O5/c1-27-20(26)17-15(11-5-7-12(23)8-6-11)16-13(3-2-4-14(16)24)22-10-9-21-19(25)18(17)22/h5-8,15,23H,2-4,9-10H2,1H3,(H,21,25)/t15-/m0/s1. The molecule has 27 heavy (non-hydrogen) atoms. The Labute approximate surface area is 156 Å². The number of carbonyl (C=O) groups is 3. The molecule has 1 fully saturated rings. The van der Waals surface area contributed by atoms with Crippen LogP contribution in [0.25, 0.3) is 0 Å². The van der Waals surface area contributed by atoms with Crippen molar-refractivity contribution in [2.24, 2.45) is 0 Å². The SMILES string of the molecule is COC(=O)C1=C2C(=O)NCCN2C2=C(C(=O)CCC2)[C@@H]1c1ccc(O)cc1. The van der Waals surface area contributed by atoms with Gasteiger partial charge in [0.25, 0.3) is 5.91 Å². The average Bonchev–Trinajstić information content (AvgIpc) is 2.68. The zero-order chi connectivity index (χ0) is 19.1. The van der Waals surface area contributed by atoms with Gasteiger partial charge in [-0.05, 0) is 30.5 Å². The van der Waals surface area contributed by atoms with E-state index in [4.69, 9.17) is 4.74 Å². The highest BCUT2D eigenvalue weighted by atomic mass is 16.5. The van der Waals surface area contributed by atoms with Gasteiger partial charge in [0, 0.05) is 36.7 Å². The Bertz CT molecular complexity index is 897. The normalized spacial score (nSPS) is 22.3. The summed E-state index contributed by atoms with van der Waals surface area (Å²) in [7, 11) is 1.27. The molecule has 0 unspecified atom stereocenters. The number of ketones is 1. The van der Waals surface area contributed by atoms with Crippen molar-refractivity contribution in [1.29, 1.82) is 0 Å². The number of hydrogen-bond acceptors (Lipinski definition) is 6. The van der Waals surface area contributed by atoms with E-state index in [0.717, 1.165) is 12.1 Å². The number of fused-ring (bicyclic) bond motifs is 2. The van der Waals surface area contributed by atoms with E-state index in [2.05, 4.69) is 5.32 Å². The molecule has 1 amide bonds. The van der Waals surface area contributed by atoms with Crippen molar-refractivity contribution in [3.05, 3.63) is 52.4 Å². The molecular weight excluding hydrogens is 348 g/mol. The van der Waals surface area contributed by atoms with E-state index in [9.17, 15) is 19.5 Å². The summed E-state index contributed by atoms with van der Waals surface area (Å²) in [6, 6.07) is 6.37. The molecule has 0 aromatic heterocycles. The second-order valence-electron chi connectivity index (χ2n) is 6.82. The van der Waals surface area contributed by atoms with Gasteiger partial charge in [-0.3, -0.25) is 9.59 Å². The van der Waals surface area contributed by atoms with E-state index < -0.39 is 11.9 Å². The number of nitrogens with one attached hydrogen (secondary N) is 1. The first kappa shape index (κ1) is 17.3. The fourth-order valence-corrected chi connectivity index (χ4v) is 4.20. The lowest BCUT2D eigenvalue weighted by molar-refractivity contribution is -0.137. The second kappa shape index (κ2) is 6.57. The smallest absolute Gasteiger partial charge is 0.337 e. The van der Waals surface area contributed by atoms with E-state index in [0.29, 0.717) is 37.1 Å². The van der Waals surface area contributed by atoms with Crippen LogP contribution in [0.4, 0.5) is 0 Å². The van der Waals surface area contributed by atoms with Gasteiger partial charge in [0.05, 0.1) is 12.7 Å². The van der Waals surface area contributed by atoms with Gasteiger partial charge >= 0.3 is 5.97 Å². The highest BCUT2D eigenvalue weighted by Crippen LogP contribution is 2.46. The quantitative estimate of drug-likeness (QED) is 0.765. The number of benzene rings is 1. The van der Waals surface area contributed by atoms with Crippen LogP contribution in [0.5, 0.6) is 5.75 Å². The van der Waals surface area contributed by atoms with Crippen molar-refractivity contribution in [3.63, 3.8) is 0 Å². The predicted octanol–water partition coefficient (Wildman–Crippen LogP) is 1.36. The molecule has 0 spiro atoms. The summed E-state index contributed by atoms with van der Waals surface area (Å²) >= 11 is 0. The third kappa shape index (κ3) is 2.70. The number of piperazine rings is 1. The van der Waals surface area contributed by atoms with E-state index >= 15 is 0 Å². The van der Waals surface area contributed by atoms with E-state index in [-0.39, 0.29) is 28.7 Å². The minimum absolute atomic E-state index is 0.0132. The van der Waals surface area contributed by atoms with E-state index in [1.807, 2.05) is 4.90 Å². The third-order valence-electron chi connectivity index (χ3n) is 5.32. The molecule has 2 aliphatic heterocycles. The first-order valence-electron chi connectivity index (χ1n) is 8.96. The molecule has 0 saturated carbocycles. The summed E-state index contributed by atoms with van der Waals surface area (Å²) in [4.78, 5) is 40.1. The topological polar surface area (TPSA) is 95.9 Å². The zero-order valence-electron chi connectivity index (χ0n) is 14.9. The summed E-state index contributed by atoms with van der Waals surface area (Å²) in [6.07, 6.45) is 1.82. The summed E-state index contributed by atoms with van der Waals surface area (Å²) in [5.74, 6) is -1.58. The highest BCUT2D eigenvalue weighted by Gasteiger charge is 2.45. The van der Waals surface area contributed by atoms with Crippen molar-refractivity contribution in [3.8, 4) is 5.75 Å². The maximum atomic E-state index is 12.9. The van der Waals surface area contributed by atoms with Crippen LogP contribution in [0.15, 0.2) is 46.8 Å². The second-order valence-corrected chi connectivity index (χ2v) is 6.82. The largest absolute Gasteiger partial charge is 0.508 e. The molecule has 1 atom stereocenters. The number of Topliss-reactive ketones (excluding diaryl/α,β-unsaturated/α-hetero) is 1. The number of esters is 1. The molecule has 2 N–H and O–H groups in total. The van der Waals surface area contributed by atoms with Gasteiger partial charge in [-0.2, -0.15) is 0 Å². The van der Waals surface area contributed by atoms with Gasteiger partial charge in [0.1, 0.15) is 11.4 Å². The Morgan fingerprint density at radius 3 is 2.67 bits per heavy atom. The molecule has 1 aromatic rings. The summed E-state index contributed by atoms with van der Waals surface area (Å²) in [5, 5.41) is 12.4. The van der Waals surface area contributed by atoms with Gasteiger partial charge in [-0.15, -0.1) is 0 Å². The Hall–Kier alpha value is -3.09. The fourth-order valence-electron chi connectivity index (χ4n) is 4.20. The van der Waals surface area contributed by atoms with Gasteiger partial charge in [0.2, 0.25) is 0 Å². The van der Waals surface area contributed by atoms with Crippen LogP contribution >= 0.6 is 0 Å². The molecular formula is C20H20N2O5. The number of allylic oxidation sites excluding steroid dienone is 2. The lowest BCUT2D eigenvalue weighted by Crippen LogP contribution is -2.50. The fraction of sp³-hybridized carbons (Fsp3) is 0.350. The minimum Gasteiger partial charge on any atom is -0.508 e. The van der Waals surface area contributed by atoms with Gasteiger partial charge in [0.15, 0.2) is 5.78 Å². The van der Waals surface area contributed by atoms with Crippen LogP contribution in [0.1, 0.15) is 30.7 Å². The molecule has 0 bridgehead atoms. The summed E-state index contributed by atoms with van der Waals surface area (Å²) in [6.45, 7) is 0.960. The Balaban J connectivity index is 2.00. The number of amides is 1. The number of hydrogen-bond donors (Lipinski definition) is 2. The monoisotopic (exact) mass is 368 g/mol. The maximum absolute atomic E-state index is 12.9. The van der Waals surface area contributed by atoms with Gasteiger partial charge < -0.3 is 20.1 Å². The molecule has 7 heteroatoms. The number of carbonyl (C=O) groups excluding carboxylic acids is 3. The summed E-state index contributed by atoms with van der Waals surface area (Å²) < 4.78 is 4.99. The number of methoxy groups -OCH3 is 1. The molecule has 2 heterocycles. The van der Waals surface area contributed by atoms with Crippen LogP contribution < -0.4 is 5.32 Å². The van der Waals surface area contributed by atoms with Crippen molar-refractivity contribution >= 4 is 17.7 Å². The van der Waals surface area contributed by atoms with Crippen LogP contribution in [0, 0.1) is 0 Å². The number of nitrogens with zero attached hydrogens (tertiary/aromatic N) is 1. The van der Waals surface area contributed by atoms with Crippen molar-refractivity contribution in [1.82, 2.24) is 10.2 Å². The number of ether oxygens (including phenoxy) is 1. The molecule has 1 aliphatic carbocycles. The van der Waals surface area contributed by atoms with Gasteiger partial charge in [-0.1, -0.05) is 12.1 Å². The molecule has 140 valence electrons. The number of phenolic OH excluding ortho intramolecular Hbond substituents is 1. The lowest BCUT2D eigenvalue weighted by atomic mass is 9.74. The van der Waals surface area contributed by atoms with Crippen molar-refractivity contribution in [2.45, 2.75) is 25.2 Å². The van der Waals surface area contributed by atoms with Crippen LogP contribution in [0.3, 0.4) is 0 Å². The zero-order valence-corrected chi connectivity index (χ0v) is 14.9.